The third-order valence-corrected chi connectivity index (χ3v) is 7.60. The highest BCUT2D eigenvalue weighted by molar-refractivity contribution is 7.89. The Morgan fingerprint density at radius 2 is 1.82 bits per heavy atom. The van der Waals surface area contributed by atoms with Crippen molar-refractivity contribution in [1.82, 2.24) is 9.62 Å². The smallest absolute Gasteiger partial charge is 0.379 e. The second kappa shape index (κ2) is 10.2. The van der Waals surface area contributed by atoms with Crippen LogP contribution in [0.1, 0.15) is 18.4 Å². The molecule has 0 aliphatic carbocycles. The summed E-state index contributed by atoms with van der Waals surface area (Å²) in [4.78, 5) is 24.5. The Kier molecular flexibility index (Phi) is 7.80. The number of hydrogen-bond donors (Lipinski definition) is 1. The number of anilines is 1. The second-order valence-electron chi connectivity index (χ2n) is 7.84. The molecule has 0 atom stereocenters. The zero-order chi connectivity index (χ0) is 24.2. The van der Waals surface area contributed by atoms with Crippen LogP contribution >= 0.6 is 0 Å². The number of halogens is 3. The molecule has 1 amide bonds. The number of hydrogen-bond acceptors (Lipinski definition) is 7. The average Bonchev–Trinajstić information content (AvgIpc) is 2.78. The van der Waals surface area contributed by atoms with Crippen LogP contribution in [-0.2, 0) is 25.7 Å². The van der Waals surface area contributed by atoms with E-state index < -0.39 is 38.3 Å². The summed E-state index contributed by atoms with van der Waals surface area (Å²) in [6.45, 7) is 1.69. The van der Waals surface area contributed by atoms with Gasteiger partial charge in [0.1, 0.15) is 5.69 Å². The van der Waals surface area contributed by atoms with Crippen molar-refractivity contribution < 1.29 is 36.0 Å². The molecule has 14 heteroatoms. The van der Waals surface area contributed by atoms with Crippen LogP contribution in [0.25, 0.3) is 0 Å². The zero-order valence-corrected chi connectivity index (χ0v) is 18.5. The van der Waals surface area contributed by atoms with Crippen molar-refractivity contribution in [1.29, 1.82) is 0 Å². The van der Waals surface area contributed by atoms with E-state index in [2.05, 4.69) is 5.32 Å². The fraction of sp³-hybridized carbons (Fsp3) is 0.632. The van der Waals surface area contributed by atoms with Gasteiger partial charge in [0.05, 0.1) is 29.5 Å². The lowest BCUT2D eigenvalue weighted by Gasteiger charge is -2.32. The quantitative estimate of drug-likeness (QED) is 0.451. The number of carbonyl (C=O) groups is 1. The molecule has 0 aromatic heterocycles. The van der Waals surface area contributed by atoms with Gasteiger partial charge in [-0.25, -0.2) is 8.42 Å². The number of sulfonamides is 1. The van der Waals surface area contributed by atoms with Gasteiger partial charge in [0.2, 0.25) is 15.9 Å². The van der Waals surface area contributed by atoms with E-state index >= 15 is 0 Å². The van der Waals surface area contributed by atoms with Crippen LogP contribution in [0, 0.1) is 16.0 Å². The molecule has 10 nitrogen and oxygen atoms in total. The van der Waals surface area contributed by atoms with E-state index in [0.29, 0.717) is 32.1 Å². The van der Waals surface area contributed by atoms with Crippen molar-refractivity contribution in [3.63, 3.8) is 0 Å². The maximum atomic E-state index is 12.9. The largest absolute Gasteiger partial charge is 0.416 e. The minimum atomic E-state index is -4.69. The molecule has 0 bridgehead atoms. The van der Waals surface area contributed by atoms with E-state index in [9.17, 15) is 36.5 Å². The number of rotatable bonds is 7. The molecule has 2 aliphatic rings. The summed E-state index contributed by atoms with van der Waals surface area (Å²) < 4.78 is 69.8. The summed E-state index contributed by atoms with van der Waals surface area (Å²) in [5, 5.41) is 13.9. The number of piperidine rings is 1. The third-order valence-electron chi connectivity index (χ3n) is 5.73. The van der Waals surface area contributed by atoms with E-state index in [-0.39, 0.29) is 50.1 Å². The Bertz CT molecular complexity index is 974. The van der Waals surface area contributed by atoms with Gasteiger partial charge in [0.15, 0.2) is 0 Å². The Balaban J connectivity index is 1.53. The average molecular weight is 494 g/mol. The molecule has 2 saturated heterocycles. The van der Waals surface area contributed by atoms with Gasteiger partial charge < -0.3 is 15.0 Å². The Morgan fingerprint density at radius 3 is 2.39 bits per heavy atom. The molecule has 1 aromatic carbocycles. The van der Waals surface area contributed by atoms with Gasteiger partial charge >= 0.3 is 6.18 Å². The van der Waals surface area contributed by atoms with Crippen molar-refractivity contribution in [2.75, 3.05) is 56.6 Å². The van der Waals surface area contributed by atoms with E-state index in [1.807, 2.05) is 0 Å². The molecular formula is C19H25F3N4O6S. The third kappa shape index (κ3) is 6.32. The number of benzene rings is 1. The first-order chi connectivity index (χ1) is 15.5. The number of nitrogens with zero attached hydrogens (tertiary/aromatic N) is 3. The van der Waals surface area contributed by atoms with Gasteiger partial charge in [-0.05, 0) is 25.0 Å². The van der Waals surface area contributed by atoms with Crippen molar-refractivity contribution >= 4 is 27.3 Å². The lowest BCUT2D eigenvalue weighted by atomic mass is 9.95. The van der Waals surface area contributed by atoms with Crippen LogP contribution in [0.5, 0.6) is 0 Å². The highest BCUT2D eigenvalue weighted by atomic mass is 32.2. The number of alkyl halides is 3. The zero-order valence-electron chi connectivity index (χ0n) is 17.7. The van der Waals surface area contributed by atoms with Gasteiger partial charge in [-0.1, -0.05) is 0 Å². The maximum Gasteiger partial charge on any atom is 0.416 e. The van der Waals surface area contributed by atoms with Gasteiger partial charge in [-0.2, -0.15) is 17.5 Å². The Labute approximate surface area is 188 Å². The molecule has 0 spiro atoms. The summed E-state index contributed by atoms with van der Waals surface area (Å²) in [5.41, 5.74) is -1.66. The van der Waals surface area contributed by atoms with Crippen LogP contribution < -0.4 is 10.2 Å². The molecule has 0 unspecified atom stereocenters. The normalized spacial score (nSPS) is 18.8. The molecule has 1 aromatic rings. The predicted octanol–water partition coefficient (Wildman–Crippen LogP) is 1.61. The number of nitro benzene ring substituents is 1. The van der Waals surface area contributed by atoms with Crippen LogP contribution in [0.3, 0.4) is 0 Å². The van der Waals surface area contributed by atoms with Crippen molar-refractivity contribution in [3.05, 3.63) is 33.9 Å². The predicted molar refractivity (Wildman–Crippen MR) is 112 cm³/mol. The number of morpholine rings is 1. The molecule has 33 heavy (non-hydrogen) atoms. The second-order valence-corrected chi connectivity index (χ2v) is 9.93. The Hall–Kier alpha value is -2.45. The number of ether oxygens (including phenoxy) is 1. The first-order valence-corrected chi connectivity index (χ1v) is 12.0. The Morgan fingerprint density at radius 1 is 1.18 bits per heavy atom. The van der Waals surface area contributed by atoms with E-state index in [4.69, 9.17) is 4.74 Å². The summed E-state index contributed by atoms with van der Waals surface area (Å²) in [5.74, 6) is -0.954. The van der Waals surface area contributed by atoms with Crippen LogP contribution in [-0.4, -0.2) is 75.2 Å². The van der Waals surface area contributed by atoms with Crippen LogP contribution in [0.4, 0.5) is 24.5 Å². The fourth-order valence-corrected chi connectivity index (χ4v) is 5.22. The molecule has 0 saturated carbocycles. The van der Waals surface area contributed by atoms with Crippen LogP contribution in [0.2, 0.25) is 0 Å². The molecule has 184 valence electrons. The highest BCUT2D eigenvalue weighted by Crippen LogP contribution is 2.37. The van der Waals surface area contributed by atoms with Crippen LogP contribution in [0.15, 0.2) is 18.2 Å². The molecular weight excluding hydrogens is 469 g/mol. The summed E-state index contributed by atoms with van der Waals surface area (Å²) in [7, 11) is -3.50. The number of nitrogens with one attached hydrogen (secondary N) is 1. The van der Waals surface area contributed by atoms with Crippen molar-refractivity contribution in [2.45, 2.75) is 19.0 Å². The van der Waals surface area contributed by atoms with Crippen molar-refractivity contribution in [2.24, 2.45) is 5.92 Å². The standard InChI is InChI=1S/C19H25F3N4O6S/c20-19(21,22)15-1-2-16(17(13-15)26(28)29)24-6-3-14(4-7-24)18(27)23-5-12-33(30,31)25-8-10-32-11-9-25/h1-2,13-14H,3-12H2,(H,23,27). The number of nitro groups is 1. The topological polar surface area (TPSA) is 122 Å². The first-order valence-electron chi connectivity index (χ1n) is 10.4. The highest BCUT2D eigenvalue weighted by Gasteiger charge is 2.35. The molecule has 0 radical (unpaired) electrons. The SMILES string of the molecule is O=C(NCCS(=O)(=O)N1CCOCC1)C1CCN(c2ccc(C(F)(F)F)cc2[N+](=O)[O-])CC1. The molecule has 1 N–H and O–H groups in total. The maximum absolute atomic E-state index is 12.9. The lowest BCUT2D eigenvalue weighted by molar-refractivity contribution is -0.384. The minimum Gasteiger partial charge on any atom is -0.379 e. The summed E-state index contributed by atoms with van der Waals surface area (Å²) in [6.07, 6.45) is -4.02. The summed E-state index contributed by atoms with van der Waals surface area (Å²) >= 11 is 0. The van der Waals surface area contributed by atoms with E-state index in [0.717, 1.165) is 12.1 Å². The first kappa shape index (κ1) is 25.2. The monoisotopic (exact) mass is 494 g/mol. The van der Waals surface area contributed by atoms with E-state index in [1.165, 1.54) is 4.31 Å². The molecule has 2 heterocycles. The van der Waals surface area contributed by atoms with E-state index in [1.54, 1.807) is 4.90 Å². The van der Waals surface area contributed by atoms with Gasteiger partial charge in [0.25, 0.3) is 5.69 Å². The number of amides is 1. The number of carbonyl (C=O) groups excluding carboxylic acids is 1. The van der Waals surface area contributed by atoms with Crippen molar-refractivity contribution in [3.8, 4) is 0 Å². The summed E-state index contributed by atoms with van der Waals surface area (Å²) in [6, 6.07) is 2.40. The van der Waals surface area contributed by atoms with Gasteiger partial charge in [0, 0.05) is 44.7 Å². The molecule has 2 aliphatic heterocycles. The fourth-order valence-electron chi connectivity index (χ4n) is 3.90. The van der Waals surface area contributed by atoms with Gasteiger partial charge in [-0.15, -0.1) is 0 Å². The molecule has 2 fully saturated rings. The molecule has 3 rings (SSSR count). The van der Waals surface area contributed by atoms with Gasteiger partial charge in [-0.3, -0.25) is 14.9 Å². The minimum absolute atomic E-state index is 0.0386. The lowest BCUT2D eigenvalue weighted by Crippen LogP contribution is -2.45.